The number of rotatable bonds is 4. The molecule has 0 bridgehead atoms. The first-order valence-electron chi connectivity index (χ1n) is 7.37. The standard InChI is InChI=1S/C15H21N5O/c1-11-9-12(2)19-15-13(11)14(17-10-18-15)16-3-4-20-5-7-21-8-6-20/h9-10H,3-8H2,1-2H3,(H,16,17,18,19). The number of hydrogen-bond donors (Lipinski definition) is 1. The van der Waals surface area contributed by atoms with Gasteiger partial charge in [0, 0.05) is 31.9 Å². The molecule has 0 atom stereocenters. The molecule has 0 amide bonds. The Morgan fingerprint density at radius 2 is 2.05 bits per heavy atom. The summed E-state index contributed by atoms with van der Waals surface area (Å²) in [7, 11) is 0. The summed E-state index contributed by atoms with van der Waals surface area (Å²) in [4.78, 5) is 15.5. The average molecular weight is 287 g/mol. The van der Waals surface area contributed by atoms with Gasteiger partial charge in [0.2, 0.25) is 0 Å². The molecule has 6 nitrogen and oxygen atoms in total. The summed E-state index contributed by atoms with van der Waals surface area (Å²) in [5, 5.41) is 4.44. The molecule has 0 radical (unpaired) electrons. The van der Waals surface area contributed by atoms with Gasteiger partial charge in [0.15, 0.2) is 5.65 Å². The van der Waals surface area contributed by atoms with Gasteiger partial charge < -0.3 is 10.1 Å². The van der Waals surface area contributed by atoms with E-state index >= 15 is 0 Å². The van der Waals surface area contributed by atoms with Crippen molar-refractivity contribution in [3.8, 4) is 0 Å². The Bertz CT molecular complexity index is 625. The number of fused-ring (bicyclic) bond motifs is 1. The van der Waals surface area contributed by atoms with Crippen molar-refractivity contribution in [2.45, 2.75) is 13.8 Å². The van der Waals surface area contributed by atoms with Crippen molar-refractivity contribution in [3.05, 3.63) is 23.7 Å². The summed E-state index contributed by atoms with van der Waals surface area (Å²) >= 11 is 0. The summed E-state index contributed by atoms with van der Waals surface area (Å²) in [6.07, 6.45) is 1.57. The Labute approximate surface area is 124 Å². The van der Waals surface area contributed by atoms with Crippen molar-refractivity contribution >= 4 is 16.9 Å². The van der Waals surface area contributed by atoms with Crippen molar-refractivity contribution in [3.63, 3.8) is 0 Å². The zero-order valence-corrected chi connectivity index (χ0v) is 12.6. The Morgan fingerprint density at radius 1 is 1.24 bits per heavy atom. The molecular formula is C15H21N5O. The van der Waals surface area contributed by atoms with Crippen LogP contribution in [0.4, 0.5) is 5.82 Å². The maximum Gasteiger partial charge on any atom is 0.165 e. The first-order valence-corrected chi connectivity index (χ1v) is 7.37. The van der Waals surface area contributed by atoms with Crippen molar-refractivity contribution < 1.29 is 4.74 Å². The number of aryl methyl sites for hydroxylation is 2. The van der Waals surface area contributed by atoms with E-state index in [1.54, 1.807) is 6.33 Å². The minimum absolute atomic E-state index is 0.761. The van der Waals surface area contributed by atoms with Crippen LogP contribution in [0, 0.1) is 13.8 Å². The van der Waals surface area contributed by atoms with Gasteiger partial charge in [-0.1, -0.05) is 0 Å². The Morgan fingerprint density at radius 3 is 2.86 bits per heavy atom. The number of ether oxygens (including phenoxy) is 1. The molecule has 3 rings (SSSR count). The molecule has 6 heteroatoms. The monoisotopic (exact) mass is 287 g/mol. The highest BCUT2D eigenvalue weighted by atomic mass is 16.5. The molecule has 2 aromatic heterocycles. The Balaban J connectivity index is 1.71. The molecule has 3 heterocycles. The second-order valence-corrected chi connectivity index (χ2v) is 5.38. The number of pyridine rings is 1. The second kappa shape index (κ2) is 6.32. The van der Waals surface area contributed by atoms with Crippen molar-refractivity contribution in [2.75, 3.05) is 44.7 Å². The van der Waals surface area contributed by atoms with Gasteiger partial charge in [-0.2, -0.15) is 0 Å². The molecule has 1 aliphatic heterocycles. The molecule has 0 aliphatic carbocycles. The van der Waals surface area contributed by atoms with E-state index in [-0.39, 0.29) is 0 Å². The summed E-state index contributed by atoms with van der Waals surface area (Å²) in [6, 6.07) is 2.07. The zero-order valence-electron chi connectivity index (χ0n) is 12.6. The summed E-state index contributed by atoms with van der Waals surface area (Å²) in [5.41, 5.74) is 2.90. The van der Waals surface area contributed by atoms with Crippen LogP contribution in [0.2, 0.25) is 0 Å². The van der Waals surface area contributed by atoms with Gasteiger partial charge in [-0.3, -0.25) is 4.90 Å². The van der Waals surface area contributed by atoms with Crippen LogP contribution in [-0.4, -0.2) is 59.2 Å². The van der Waals surface area contributed by atoms with Crippen LogP contribution in [0.1, 0.15) is 11.3 Å². The predicted molar refractivity (Wildman–Crippen MR) is 82.6 cm³/mol. The molecule has 0 spiro atoms. The molecule has 112 valence electrons. The average Bonchev–Trinajstić information content (AvgIpc) is 2.48. The van der Waals surface area contributed by atoms with Crippen molar-refractivity contribution in [2.24, 2.45) is 0 Å². The van der Waals surface area contributed by atoms with Crippen molar-refractivity contribution in [1.82, 2.24) is 19.9 Å². The van der Waals surface area contributed by atoms with Crippen LogP contribution in [0.15, 0.2) is 12.4 Å². The van der Waals surface area contributed by atoms with Gasteiger partial charge >= 0.3 is 0 Å². The van der Waals surface area contributed by atoms with Crippen LogP contribution in [-0.2, 0) is 4.74 Å². The minimum atomic E-state index is 0.761. The lowest BCUT2D eigenvalue weighted by Gasteiger charge is -2.26. The number of nitrogens with one attached hydrogen (secondary N) is 1. The SMILES string of the molecule is Cc1cc(C)c2c(NCCN3CCOCC3)ncnc2n1. The van der Waals surface area contributed by atoms with Crippen LogP contribution >= 0.6 is 0 Å². The largest absolute Gasteiger partial charge is 0.379 e. The van der Waals surface area contributed by atoms with E-state index in [1.807, 2.05) is 6.92 Å². The molecular weight excluding hydrogens is 266 g/mol. The normalized spacial score (nSPS) is 16.3. The topological polar surface area (TPSA) is 63.2 Å². The second-order valence-electron chi connectivity index (χ2n) is 5.38. The van der Waals surface area contributed by atoms with E-state index in [0.717, 1.165) is 67.5 Å². The summed E-state index contributed by atoms with van der Waals surface area (Å²) < 4.78 is 5.36. The number of aromatic nitrogens is 3. The van der Waals surface area contributed by atoms with Gasteiger partial charge in [0.25, 0.3) is 0 Å². The fourth-order valence-electron chi connectivity index (χ4n) is 2.70. The highest BCUT2D eigenvalue weighted by Crippen LogP contribution is 2.22. The summed E-state index contributed by atoms with van der Waals surface area (Å²) in [5.74, 6) is 0.873. The predicted octanol–water partition coefficient (Wildman–Crippen LogP) is 1.39. The van der Waals surface area contributed by atoms with E-state index in [1.165, 1.54) is 0 Å². The number of nitrogens with zero attached hydrogens (tertiary/aromatic N) is 4. The number of morpholine rings is 1. The Kier molecular flexibility index (Phi) is 4.26. The maximum absolute atomic E-state index is 5.36. The van der Waals surface area contributed by atoms with E-state index in [9.17, 15) is 0 Å². The van der Waals surface area contributed by atoms with Crippen LogP contribution < -0.4 is 5.32 Å². The van der Waals surface area contributed by atoms with E-state index < -0.39 is 0 Å². The third kappa shape index (κ3) is 3.28. The number of hydrogen-bond acceptors (Lipinski definition) is 6. The first-order chi connectivity index (χ1) is 10.2. The van der Waals surface area contributed by atoms with E-state index in [2.05, 4.69) is 38.2 Å². The van der Waals surface area contributed by atoms with Gasteiger partial charge in [-0.05, 0) is 25.5 Å². The van der Waals surface area contributed by atoms with Crippen LogP contribution in [0.3, 0.4) is 0 Å². The smallest absolute Gasteiger partial charge is 0.165 e. The molecule has 0 aromatic carbocycles. The third-order valence-electron chi connectivity index (χ3n) is 3.75. The lowest BCUT2D eigenvalue weighted by molar-refractivity contribution is 0.0398. The highest BCUT2D eigenvalue weighted by molar-refractivity contribution is 5.89. The molecule has 21 heavy (non-hydrogen) atoms. The van der Waals surface area contributed by atoms with Gasteiger partial charge in [0.1, 0.15) is 12.1 Å². The lowest BCUT2D eigenvalue weighted by atomic mass is 10.1. The molecule has 1 fully saturated rings. The first kappa shape index (κ1) is 14.2. The Hall–Kier alpha value is -1.79. The molecule has 1 N–H and O–H groups in total. The molecule has 1 aliphatic rings. The molecule has 1 saturated heterocycles. The van der Waals surface area contributed by atoms with E-state index in [4.69, 9.17) is 4.74 Å². The fraction of sp³-hybridized carbons (Fsp3) is 0.533. The maximum atomic E-state index is 5.36. The molecule has 0 saturated carbocycles. The van der Waals surface area contributed by atoms with Crippen LogP contribution in [0.25, 0.3) is 11.0 Å². The minimum Gasteiger partial charge on any atom is -0.379 e. The van der Waals surface area contributed by atoms with E-state index in [0.29, 0.717) is 0 Å². The van der Waals surface area contributed by atoms with Gasteiger partial charge in [0.05, 0.1) is 18.6 Å². The van der Waals surface area contributed by atoms with Crippen LogP contribution in [0.5, 0.6) is 0 Å². The molecule has 2 aromatic rings. The fourth-order valence-corrected chi connectivity index (χ4v) is 2.70. The van der Waals surface area contributed by atoms with Gasteiger partial charge in [-0.25, -0.2) is 15.0 Å². The van der Waals surface area contributed by atoms with Crippen molar-refractivity contribution in [1.29, 1.82) is 0 Å². The number of anilines is 1. The lowest BCUT2D eigenvalue weighted by Crippen LogP contribution is -2.39. The zero-order chi connectivity index (χ0) is 14.7. The highest BCUT2D eigenvalue weighted by Gasteiger charge is 2.11. The third-order valence-corrected chi connectivity index (χ3v) is 3.75. The molecule has 0 unspecified atom stereocenters. The summed E-state index contributed by atoms with van der Waals surface area (Å²) in [6.45, 7) is 9.59. The van der Waals surface area contributed by atoms with Gasteiger partial charge in [-0.15, -0.1) is 0 Å². The quantitative estimate of drug-likeness (QED) is 0.917.